The molecule has 1 aromatic heterocycles. The van der Waals surface area contributed by atoms with Crippen molar-refractivity contribution in [2.45, 2.75) is 39.0 Å². The largest absolute Gasteiger partial charge is 0.293 e. The third-order valence-corrected chi connectivity index (χ3v) is 3.14. The highest BCUT2D eigenvalue weighted by Gasteiger charge is 2.30. The minimum absolute atomic E-state index is 0.0960. The summed E-state index contributed by atoms with van der Waals surface area (Å²) < 4.78 is 0. The molecule has 0 aliphatic heterocycles. The zero-order valence-electron chi connectivity index (χ0n) is 10.5. The number of rotatable bonds is 4. The lowest BCUT2D eigenvalue weighted by Crippen LogP contribution is -2.19. The van der Waals surface area contributed by atoms with E-state index in [0.717, 1.165) is 0 Å². The Bertz CT molecular complexity index is 411. The topological polar surface area (TPSA) is 56.0 Å². The van der Waals surface area contributed by atoms with Gasteiger partial charge in [-0.15, -0.1) is 11.6 Å². The van der Waals surface area contributed by atoms with Crippen molar-refractivity contribution in [2.24, 2.45) is 5.92 Å². The van der Waals surface area contributed by atoms with Crippen LogP contribution in [0.15, 0.2) is 12.3 Å². The average Bonchev–Trinajstić information content (AvgIpc) is 2.15. The molecule has 0 spiro atoms. The molecular formula is C12H17ClN2O2. The maximum Gasteiger partial charge on any atom is 0.293 e. The van der Waals surface area contributed by atoms with Crippen LogP contribution in [0.4, 0.5) is 5.69 Å². The van der Waals surface area contributed by atoms with Gasteiger partial charge in [0.05, 0.1) is 4.92 Å². The minimum Gasteiger partial charge on any atom is -0.258 e. The van der Waals surface area contributed by atoms with Gasteiger partial charge in [-0.25, -0.2) is 0 Å². The van der Waals surface area contributed by atoms with E-state index in [-0.39, 0.29) is 27.8 Å². The number of aryl methyl sites for hydroxylation is 1. The highest BCUT2D eigenvalue weighted by atomic mass is 35.5. The molecule has 1 heterocycles. The normalized spacial score (nSPS) is 14.7. The Hall–Kier alpha value is -1.16. The van der Waals surface area contributed by atoms with Crippen molar-refractivity contribution in [3.63, 3.8) is 0 Å². The van der Waals surface area contributed by atoms with E-state index in [1.54, 1.807) is 19.2 Å². The first-order chi connectivity index (χ1) is 7.86. The summed E-state index contributed by atoms with van der Waals surface area (Å²) in [6.07, 6.45) is 1.60. The van der Waals surface area contributed by atoms with Crippen molar-refractivity contribution >= 4 is 17.3 Å². The summed E-state index contributed by atoms with van der Waals surface area (Å²) in [4.78, 5) is 14.9. The van der Waals surface area contributed by atoms with E-state index in [1.165, 1.54) is 0 Å². The molecular weight excluding hydrogens is 240 g/mol. The Morgan fingerprint density at radius 2 is 2.00 bits per heavy atom. The predicted molar refractivity (Wildman–Crippen MR) is 68.5 cm³/mol. The summed E-state index contributed by atoms with van der Waals surface area (Å²) in [6, 6.07) is 1.65. The smallest absolute Gasteiger partial charge is 0.258 e. The van der Waals surface area contributed by atoms with Gasteiger partial charge in [-0.1, -0.05) is 13.8 Å². The molecule has 5 heteroatoms. The molecule has 0 saturated carbocycles. The van der Waals surface area contributed by atoms with Crippen LogP contribution >= 0.6 is 11.6 Å². The molecule has 1 rings (SSSR count). The van der Waals surface area contributed by atoms with Crippen molar-refractivity contribution in [2.75, 3.05) is 0 Å². The molecule has 2 unspecified atom stereocenters. The van der Waals surface area contributed by atoms with Crippen LogP contribution in [0.2, 0.25) is 0 Å². The second kappa shape index (κ2) is 5.45. The van der Waals surface area contributed by atoms with Gasteiger partial charge >= 0.3 is 0 Å². The van der Waals surface area contributed by atoms with E-state index in [0.29, 0.717) is 11.3 Å². The molecule has 17 heavy (non-hydrogen) atoms. The molecule has 0 N–H and O–H groups in total. The van der Waals surface area contributed by atoms with Crippen LogP contribution in [0, 0.1) is 23.0 Å². The Labute approximate surface area is 106 Å². The fourth-order valence-electron chi connectivity index (χ4n) is 2.12. The molecule has 0 saturated heterocycles. The van der Waals surface area contributed by atoms with Gasteiger partial charge in [0, 0.05) is 23.1 Å². The van der Waals surface area contributed by atoms with Crippen molar-refractivity contribution in [3.8, 4) is 0 Å². The molecule has 0 bridgehead atoms. The van der Waals surface area contributed by atoms with Crippen LogP contribution in [0.1, 0.15) is 37.9 Å². The van der Waals surface area contributed by atoms with Crippen molar-refractivity contribution < 1.29 is 4.92 Å². The quantitative estimate of drug-likeness (QED) is 0.469. The van der Waals surface area contributed by atoms with Gasteiger partial charge in [-0.3, -0.25) is 15.1 Å². The standard InChI is InChI=1S/C12H17ClN2O2/c1-7(2)10(9(4)13)11-12(15(16)17)8(3)5-6-14-11/h5-7,9-10H,1-4H3. The number of nitro groups is 1. The van der Waals surface area contributed by atoms with Gasteiger partial charge in [-0.05, 0) is 25.8 Å². The molecule has 0 fully saturated rings. The van der Waals surface area contributed by atoms with E-state index in [1.807, 2.05) is 20.8 Å². The van der Waals surface area contributed by atoms with Crippen LogP contribution in [0.5, 0.6) is 0 Å². The molecule has 0 amide bonds. The number of pyridine rings is 1. The molecule has 4 nitrogen and oxygen atoms in total. The lowest BCUT2D eigenvalue weighted by Gasteiger charge is -2.22. The monoisotopic (exact) mass is 256 g/mol. The van der Waals surface area contributed by atoms with E-state index in [4.69, 9.17) is 11.6 Å². The SMILES string of the molecule is Cc1ccnc(C(C(C)C)C(C)Cl)c1[N+](=O)[O-]. The summed E-state index contributed by atoms with van der Waals surface area (Å²) >= 11 is 6.14. The van der Waals surface area contributed by atoms with Gasteiger partial charge in [0.15, 0.2) is 0 Å². The lowest BCUT2D eigenvalue weighted by molar-refractivity contribution is -0.386. The van der Waals surface area contributed by atoms with Gasteiger partial charge in [0.1, 0.15) is 5.69 Å². The van der Waals surface area contributed by atoms with Gasteiger partial charge in [-0.2, -0.15) is 0 Å². The maximum absolute atomic E-state index is 11.1. The summed E-state index contributed by atoms with van der Waals surface area (Å²) in [5, 5.41) is 10.9. The number of hydrogen-bond donors (Lipinski definition) is 0. The summed E-state index contributed by atoms with van der Waals surface area (Å²) in [6.45, 7) is 7.56. The van der Waals surface area contributed by atoms with E-state index in [9.17, 15) is 10.1 Å². The number of nitrogens with zero attached hydrogens (tertiary/aromatic N) is 2. The Morgan fingerprint density at radius 3 is 2.41 bits per heavy atom. The van der Waals surface area contributed by atoms with E-state index in [2.05, 4.69) is 4.98 Å². The highest BCUT2D eigenvalue weighted by Crippen LogP contribution is 2.36. The minimum atomic E-state index is -0.369. The molecule has 1 aromatic rings. The Balaban J connectivity index is 3.38. The highest BCUT2D eigenvalue weighted by molar-refractivity contribution is 6.20. The number of aromatic nitrogens is 1. The van der Waals surface area contributed by atoms with Crippen LogP contribution < -0.4 is 0 Å². The zero-order valence-corrected chi connectivity index (χ0v) is 11.2. The molecule has 0 aromatic carbocycles. The summed E-state index contributed by atoms with van der Waals surface area (Å²) in [5.41, 5.74) is 1.22. The average molecular weight is 257 g/mol. The predicted octanol–water partition coefficient (Wildman–Crippen LogP) is 3.67. The Kier molecular flexibility index (Phi) is 4.46. The first kappa shape index (κ1) is 13.9. The molecule has 2 atom stereocenters. The van der Waals surface area contributed by atoms with Gasteiger partial charge in [0.25, 0.3) is 5.69 Å². The maximum atomic E-state index is 11.1. The number of halogens is 1. The number of hydrogen-bond acceptors (Lipinski definition) is 3. The fourth-order valence-corrected chi connectivity index (χ4v) is 2.53. The zero-order chi connectivity index (χ0) is 13.2. The number of alkyl halides is 1. The van der Waals surface area contributed by atoms with Crippen LogP contribution in [0.3, 0.4) is 0 Å². The molecule has 0 aliphatic carbocycles. The third kappa shape index (κ3) is 2.94. The fraction of sp³-hybridized carbons (Fsp3) is 0.583. The van der Waals surface area contributed by atoms with Crippen LogP contribution in [-0.2, 0) is 0 Å². The van der Waals surface area contributed by atoms with Crippen molar-refractivity contribution in [1.29, 1.82) is 0 Å². The lowest BCUT2D eigenvalue weighted by atomic mass is 9.88. The second-order valence-corrected chi connectivity index (χ2v) is 5.25. The first-order valence-electron chi connectivity index (χ1n) is 5.60. The van der Waals surface area contributed by atoms with Crippen LogP contribution in [0.25, 0.3) is 0 Å². The molecule has 0 radical (unpaired) electrons. The van der Waals surface area contributed by atoms with Crippen molar-refractivity contribution in [3.05, 3.63) is 33.6 Å². The first-order valence-corrected chi connectivity index (χ1v) is 6.03. The summed E-state index contributed by atoms with van der Waals surface area (Å²) in [7, 11) is 0. The van der Waals surface area contributed by atoms with Gasteiger partial charge < -0.3 is 0 Å². The summed E-state index contributed by atoms with van der Waals surface area (Å²) in [5.74, 6) is 0.0902. The van der Waals surface area contributed by atoms with E-state index >= 15 is 0 Å². The third-order valence-electron chi connectivity index (χ3n) is 2.87. The van der Waals surface area contributed by atoms with Crippen molar-refractivity contribution in [1.82, 2.24) is 4.98 Å². The second-order valence-electron chi connectivity index (χ2n) is 4.57. The molecule has 0 aliphatic rings. The van der Waals surface area contributed by atoms with E-state index < -0.39 is 0 Å². The van der Waals surface area contributed by atoms with Gasteiger partial charge in [0.2, 0.25) is 0 Å². The van der Waals surface area contributed by atoms with Crippen LogP contribution in [-0.4, -0.2) is 15.3 Å². The Morgan fingerprint density at radius 1 is 1.41 bits per heavy atom. The molecule has 94 valence electrons.